The van der Waals surface area contributed by atoms with E-state index < -0.39 is 11.9 Å². The molecule has 2 aromatic carbocycles. The molecule has 0 heterocycles. The number of amides is 3. The third kappa shape index (κ3) is 7.34. The number of nitrogens with one attached hydrogen (secondary N) is 2. The van der Waals surface area contributed by atoms with Crippen molar-refractivity contribution in [3.63, 3.8) is 0 Å². The second-order valence-electron chi connectivity index (χ2n) is 6.08. The maximum Gasteiger partial charge on any atom is 0.246 e. The van der Waals surface area contributed by atoms with Crippen LogP contribution in [0.25, 0.3) is 6.08 Å². The van der Waals surface area contributed by atoms with Crippen LogP contribution in [0.3, 0.4) is 0 Å². The topological polar surface area (TPSA) is 111 Å². The van der Waals surface area contributed by atoms with Crippen LogP contribution in [0.15, 0.2) is 59.5 Å². The molecule has 0 saturated heterocycles. The summed E-state index contributed by atoms with van der Waals surface area (Å²) in [5.74, 6) is -0.371. The van der Waals surface area contributed by atoms with Crippen molar-refractivity contribution < 1.29 is 19.1 Å². The van der Waals surface area contributed by atoms with E-state index in [0.717, 1.165) is 16.2 Å². The molecule has 2 aromatic rings. The summed E-state index contributed by atoms with van der Waals surface area (Å²) < 4.78 is 5.09. The second kappa shape index (κ2) is 10.9. The van der Waals surface area contributed by atoms with Crippen LogP contribution in [0.5, 0.6) is 5.75 Å². The zero-order valence-electron chi connectivity index (χ0n) is 16.2. The Morgan fingerprint density at radius 3 is 2.48 bits per heavy atom. The number of ether oxygens (including phenoxy) is 1. The average molecular weight is 413 g/mol. The Morgan fingerprint density at radius 1 is 1.14 bits per heavy atom. The normalized spacial score (nSPS) is 11.7. The fourth-order valence-corrected chi connectivity index (χ4v) is 3.05. The highest BCUT2D eigenvalue weighted by molar-refractivity contribution is 8.00. The minimum absolute atomic E-state index is 0.106. The predicted molar refractivity (Wildman–Crippen MR) is 115 cm³/mol. The van der Waals surface area contributed by atoms with Crippen molar-refractivity contribution in [1.82, 2.24) is 5.32 Å². The molecule has 0 aliphatic rings. The van der Waals surface area contributed by atoms with Gasteiger partial charge in [0.05, 0.1) is 18.6 Å². The van der Waals surface area contributed by atoms with Gasteiger partial charge in [0.2, 0.25) is 17.7 Å². The zero-order valence-corrected chi connectivity index (χ0v) is 17.0. The smallest absolute Gasteiger partial charge is 0.246 e. The van der Waals surface area contributed by atoms with Crippen LogP contribution in [-0.2, 0) is 14.4 Å². The van der Waals surface area contributed by atoms with Crippen LogP contribution in [0.2, 0.25) is 0 Å². The van der Waals surface area contributed by atoms with Crippen molar-refractivity contribution in [2.24, 2.45) is 5.73 Å². The molecule has 0 aliphatic carbocycles. The first-order chi connectivity index (χ1) is 13.9. The molecule has 29 heavy (non-hydrogen) atoms. The van der Waals surface area contributed by atoms with E-state index in [-0.39, 0.29) is 17.6 Å². The van der Waals surface area contributed by atoms with Crippen molar-refractivity contribution >= 4 is 41.2 Å². The molecule has 0 radical (unpaired) electrons. The lowest BCUT2D eigenvalue weighted by Gasteiger charge is -2.15. The number of para-hydroxylation sites is 1. The average Bonchev–Trinajstić information content (AvgIpc) is 2.71. The first kappa shape index (κ1) is 22.0. The summed E-state index contributed by atoms with van der Waals surface area (Å²) in [6.45, 7) is 1.59. The quantitative estimate of drug-likeness (QED) is 0.432. The summed E-state index contributed by atoms with van der Waals surface area (Å²) in [6, 6.07) is 13.5. The van der Waals surface area contributed by atoms with Crippen molar-refractivity contribution in [3.05, 3.63) is 60.2 Å². The summed E-state index contributed by atoms with van der Waals surface area (Å²) in [5.41, 5.74) is 6.56. The SMILES string of the molecule is COc1ccc(/C=C/C(=O)N[C@@H](C)C(=O)Nc2ccccc2SCC(N)=O)cc1. The first-order valence-corrected chi connectivity index (χ1v) is 9.81. The Hall–Kier alpha value is -3.26. The van der Waals surface area contributed by atoms with Gasteiger partial charge < -0.3 is 21.1 Å². The van der Waals surface area contributed by atoms with Crippen LogP contribution < -0.4 is 21.1 Å². The summed E-state index contributed by atoms with van der Waals surface area (Å²) in [7, 11) is 1.58. The number of primary amides is 1. The highest BCUT2D eigenvalue weighted by atomic mass is 32.2. The molecule has 152 valence electrons. The molecular weight excluding hydrogens is 390 g/mol. The Bertz CT molecular complexity index is 897. The molecule has 7 nitrogen and oxygen atoms in total. The van der Waals surface area contributed by atoms with Crippen LogP contribution >= 0.6 is 11.8 Å². The molecule has 0 aromatic heterocycles. The van der Waals surface area contributed by atoms with Crippen LogP contribution in [-0.4, -0.2) is 36.6 Å². The van der Waals surface area contributed by atoms with Crippen LogP contribution in [0.4, 0.5) is 5.69 Å². The van der Waals surface area contributed by atoms with Crippen molar-refractivity contribution in [2.75, 3.05) is 18.2 Å². The Morgan fingerprint density at radius 2 is 1.83 bits per heavy atom. The molecule has 2 rings (SSSR count). The van der Waals surface area contributed by atoms with Gasteiger partial charge in [-0.25, -0.2) is 0 Å². The molecule has 0 fully saturated rings. The third-order valence-corrected chi connectivity index (χ3v) is 4.91. The van der Waals surface area contributed by atoms with Gasteiger partial charge in [-0.2, -0.15) is 0 Å². The van der Waals surface area contributed by atoms with E-state index in [2.05, 4.69) is 10.6 Å². The van der Waals surface area contributed by atoms with Crippen molar-refractivity contribution in [3.8, 4) is 5.75 Å². The summed E-state index contributed by atoms with van der Waals surface area (Å²) in [4.78, 5) is 36.2. The molecule has 4 N–H and O–H groups in total. The third-order valence-electron chi connectivity index (χ3n) is 3.81. The number of carbonyl (C=O) groups is 3. The molecule has 1 atom stereocenters. The van der Waals surface area contributed by atoms with E-state index in [1.54, 1.807) is 56.5 Å². The summed E-state index contributed by atoms with van der Waals surface area (Å²) in [5, 5.41) is 5.38. The maximum absolute atomic E-state index is 12.4. The maximum atomic E-state index is 12.4. The van der Waals surface area contributed by atoms with E-state index in [9.17, 15) is 14.4 Å². The monoisotopic (exact) mass is 413 g/mol. The summed E-state index contributed by atoms with van der Waals surface area (Å²) in [6.07, 6.45) is 3.01. The highest BCUT2D eigenvalue weighted by Gasteiger charge is 2.16. The minimum Gasteiger partial charge on any atom is -0.497 e. The summed E-state index contributed by atoms with van der Waals surface area (Å²) >= 11 is 1.23. The number of hydrogen-bond donors (Lipinski definition) is 3. The van der Waals surface area contributed by atoms with E-state index in [1.807, 2.05) is 12.1 Å². The van der Waals surface area contributed by atoms with Crippen molar-refractivity contribution in [2.45, 2.75) is 17.9 Å². The van der Waals surface area contributed by atoms with E-state index in [1.165, 1.54) is 17.8 Å². The number of carbonyl (C=O) groups excluding carboxylic acids is 3. The van der Waals surface area contributed by atoms with Gasteiger partial charge in [-0.1, -0.05) is 24.3 Å². The van der Waals surface area contributed by atoms with Crippen LogP contribution in [0.1, 0.15) is 12.5 Å². The Kier molecular flexibility index (Phi) is 8.29. The van der Waals surface area contributed by atoms with Gasteiger partial charge in [0.25, 0.3) is 0 Å². The highest BCUT2D eigenvalue weighted by Crippen LogP contribution is 2.26. The van der Waals surface area contributed by atoms with E-state index in [0.29, 0.717) is 5.69 Å². The lowest BCUT2D eigenvalue weighted by Crippen LogP contribution is -2.40. The molecule has 0 saturated carbocycles. The van der Waals surface area contributed by atoms with E-state index in [4.69, 9.17) is 10.5 Å². The van der Waals surface area contributed by atoms with Crippen LogP contribution in [0, 0.1) is 0 Å². The fraction of sp³-hybridized carbons (Fsp3) is 0.190. The lowest BCUT2D eigenvalue weighted by atomic mass is 10.2. The minimum atomic E-state index is -0.753. The number of benzene rings is 2. The molecule has 8 heteroatoms. The van der Waals surface area contributed by atoms with Gasteiger partial charge in [0.1, 0.15) is 11.8 Å². The number of nitrogens with two attached hydrogens (primary N) is 1. The second-order valence-corrected chi connectivity index (χ2v) is 7.09. The van der Waals surface area contributed by atoms with Gasteiger partial charge in [-0.05, 0) is 42.8 Å². The molecule has 0 spiro atoms. The van der Waals surface area contributed by atoms with Crippen molar-refractivity contribution in [1.29, 1.82) is 0 Å². The number of rotatable bonds is 9. The largest absolute Gasteiger partial charge is 0.497 e. The van der Waals surface area contributed by atoms with Gasteiger partial charge in [-0.3, -0.25) is 14.4 Å². The Balaban J connectivity index is 1.92. The molecular formula is C21H23N3O4S. The predicted octanol–water partition coefficient (Wildman–Crippen LogP) is 2.43. The lowest BCUT2D eigenvalue weighted by molar-refractivity contribution is -0.123. The molecule has 0 unspecified atom stereocenters. The molecule has 0 aliphatic heterocycles. The molecule has 3 amide bonds. The zero-order chi connectivity index (χ0) is 21.2. The van der Waals surface area contributed by atoms with Gasteiger partial charge in [0.15, 0.2) is 0 Å². The fourth-order valence-electron chi connectivity index (χ4n) is 2.30. The van der Waals surface area contributed by atoms with Gasteiger partial charge in [0, 0.05) is 11.0 Å². The first-order valence-electron chi connectivity index (χ1n) is 8.82. The number of hydrogen-bond acceptors (Lipinski definition) is 5. The van der Waals surface area contributed by atoms with Gasteiger partial charge >= 0.3 is 0 Å². The number of thioether (sulfide) groups is 1. The van der Waals surface area contributed by atoms with Gasteiger partial charge in [-0.15, -0.1) is 11.8 Å². The van der Waals surface area contributed by atoms with E-state index >= 15 is 0 Å². The molecule has 0 bridgehead atoms. The number of methoxy groups -OCH3 is 1. The standard InChI is InChI=1S/C21H23N3O4S/c1-14(23-20(26)12-9-15-7-10-16(28-2)11-8-15)21(27)24-17-5-3-4-6-18(17)29-13-19(22)25/h3-12,14H,13H2,1-2H3,(H2,22,25)(H,23,26)(H,24,27)/b12-9+/t14-/m0/s1. The number of anilines is 1. The Labute approximate surface area is 173 Å².